The zero-order chi connectivity index (χ0) is 15.5. The molecule has 0 bridgehead atoms. The number of ether oxygens (including phenoxy) is 1. The van der Waals surface area contributed by atoms with E-state index in [1.165, 1.54) is 22.5 Å². The van der Waals surface area contributed by atoms with Crippen LogP contribution < -0.4 is 5.84 Å². The van der Waals surface area contributed by atoms with Crippen molar-refractivity contribution >= 4 is 22.9 Å². The molecule has 0 unspecified atom stereocenters. The van der Waals surface area contributed by atoms with E-state index >= 15 is 0 Å². The first-order chi connectivity index (χ1) is 10.7. The number of phenolic OH excluding ortho intramolecular Hbond substituents is 1. The highest BCUT2D eigenvalue weighted by molar-refractivity contribution is 7.98. The standard InChI is InChI=1S/C13H15N5O3S/c1-20-5-4-11-16-17-13(18(11)14)22-7-12-15-9-3-2-8(19)6-10(9)21-12/h2-3,6,19H,4-5,7,14H2,1H3. The Hall–Kier alpha value is -2.26. The van der Waals surface area contributed by atoms with E-state index in [4.69, 9.17) is 15.0 Å². The lowest BCUT2D eigenvalue weighted by molar-refractivity contribution is 0.200. The van der Waals surface area contributed by atoms with Crippen LogP contribution in [0.15, 0.2) is 27.8 Å². The van der Waals surface area contributed by atoms with Crippen LogP contribution in [0, 0.1) is 0 Å². The summed E-state index contributed by atoms with van der Waals surface area (Å²) in [6.45, 7) is 0.536. The summed E-state index contributed by atoms with van der Waals surface area (Å²) in [4.78, 5) is 4.34. The minimum atomic E-state index is 0.146. The molecule has 3 rings (SSSR count). The van der Waals surface area contributed by atoms with Crippen molar-refractivity contribution in [2.45, 2.75) is 17.3 Å². The van der Waals surface area contributed by atoms with Gasteiger partial charge in [-0.2, -0.15) is 0 Å². The molecule has 8 nitrogen and oxygen atoms in total. The first kappa shape index (κ1) is 14.7. The molecule has 2 heterocycles. The van der Waals surface area contributed by atoms with Crippen LogP contribution >= 0.6 is 11.8 Å². The first-order valence-electron chi connectivity index (χ1n) is 6.57. The number of fused-ring (bicyclic) bond motifs is 1. The molecule has 3 N–H and O–H groups in total. The van der Waals surface area contributed by atoms with Crippen LogP contribution in [0.3, 0.4) is 0 Å². The lowest BCUT2D eigenvalue weighted by Crippen LogP contribution is -2.15. The summed E-state index contributed by atoms with van der Waals surface area (Å²) in [5, 5.41) is 18.1. The van der Waals surface area contributed by atoms with Crippen LogP contribution in [0.4, 0.5) is 0 Å². The fourth-order valence-electron chi connectivity index (χ4n) is 1.92. The van der Waals surface area contributed by atoms with Gasteiger partial charge in [0.05, 0.1) is 12.4 Å². The summed E-state index contributed by atoms with van der Waals surface area (Å²) in [6, 6.07) is 4.81. The third-order valence-corrected chi connectivity index (χ3v) is 3.93. The lowest BCUT2D eigenvalue weighted by Gasteiger charge is -2.01. The van der Waals surface area contributed by atoms with Gasteiger partial charge in [-0.3, -0.25) is 0 Å². The molecule has 0 atom stereocenters. The van der Waals surface area contributed by atoms with Gasteiger partial charge in [-0.15, -0.1) is 10.2 Å². The number of thioether (sulfide) groups is 1. The minimum absolute atomic E-state index is 0.146. The summed E-state index contributed by atoms with van der Waals surface area (Å²) in [5.41, 5.74) is 1.24. The van der Waals surface area contributed by atoms with E-state index < -0.39 is 0 Å². The highest BCUT2D eigenvalue weighted by atomic mass is 32.2. The topological polar surface area (TPSA) is 112 Å². The van der Waals surface area contributed by atoms with E-state index in [2.05, 4.69) is 15.2 Å². The maximum atomic E-state index is 9.42. The number of benzene rings is 1. The van der Waals surface area contributed by atoms with Crippen LogP contribution in [0.5, 0.6) is 5.75 Å². The van der Waals surface area contributed by atoms with Gasteiger partial charge < -0.3 is 20.1 Å². The fourth-order valence-corrected chi connectivity index (χ4v) is 2.64. The second-order valence-electron chi connectivity index (χ2n) is 4.56. The molecule has 0 spiro atoms. The van der Waals surface area contributed by atoms with Crippen molar-refractivity contribution in [3.8, 4) is 5.75 Å². The maximum absolute atomic E-state index is 9.42. The predicted molar refractivity (Wildman–Crippen MR) is 81.0 cm³/mol. The van der Waals surface area contributed by atoms with Crippen molar-refractivity contribution in [2.75, 3.05) is 19.6 Å². The van der Waals surface area contributed by atoms with E-state index in [0.29, 0.717) is 46.8 Å². The van der Waals surface area contributed by atoms with Crippen molar-refractivity contribution in [1.82, 2.24) is 19.9 Å². The number of methoxy groups -OCH3 is 1. The van der Waals surface area contributed by atoms with E-state index in [1.807, 2.05) is 0 Å². The smallest absolute Gasteiger partial charge is 0.210 e. The fraction of sp³-hybridized carbons (Fsp3) is 0.308. The zero-order valence-electron chi connectivity index (χ0n) is 11.9. The third kappa shape index (κ3) is 3.00. The van der Waals surface area contributed by atoms with Crippen molar-refractivity contribution in [1.29, 1.82) is 0 Å². The summed E-state index contributed by atoms with van der Waals surface area (Å²) < 4.78 is 12.0. The summed E-state index contributed by atoms with van der Waals surface area (Å²) in [5.74, 6) is 7.74. The Labute approximate surface area is 130 Å². The second-order valence-corrected chi connectivity index (χ2v) is 5.50. The molecule has 0 radical (unpaired) electrons. The van der Waals surface area contributed by atoms with Crippen molar-refractivity contribution in [3.63, 3.8) is 0 Å². The maximum Gasteiger partial charge on any atom is 0.210 e. The van der Waals surface area contributed by atoms with E-state index in [0.717, 1.165) is 0 Å². The molecule has 0 aliphatic rings. The van der Waals surface area contributed by atoms with Gasteiger partial charge >= 0.3 is 0 Å². The van der Waals surface area contributed by atoms with Crippen LogP contribution in [0.2, 0.25) is 0 Å². The van der Waals surface area contributed by atoms with E-state index in [1.54, 1.807) is 19.2 Å². The minimum Gasteiger partial charge on any atom is -0.508 e. The molecule has 9 heteroatoms. The molecule has 22 heavy (non-hydrogen) atoms. The number of phenols is 1. The zero-order valence-corrected chi connectivity index (χ0v) is 12.7. The average Bonchev–Trinajstić information content (AvgIpc) is 3.06. The molecule has 0 saturated carbocycles. The van der Waals surface area contributed by atoms with Gasteiger partial charge in [0.1, 0.15) is 11.3 Å². The Morgan fingerprint density at radius 1 is 1.41 bits per heavy atom. The van der Waals surface area contributed by atoms with E-state index in [9.17, 15) is 5.11 Å². The third-order valence-electron chi connectivity index (χ3n) is 3.01. The van der Waals surface area contributed by atoms with Gasteiger partial charge in [-0.05, 0) is 12.1 Å². The van der Waals surface area contributed by atoms with Gasteiger partial charge in [0, 0.05) is 19.6 Å². The molecule has 116 valence electrons. The lowest BCUT2D eigenvalue weighted by atomic mass is 10.3. The molecule has 0 saturated heterocycles. The monoisotopic (exact) mass is 321 g/mol. The number of nitrogens with two attached hydrogens (primary N) is 1. The van der Waals surface area contributed by atoms with Crippen molar-refractivity contribution < 1.29 is 14.3 Å². The highest BCUT2D eigenvalue weighted by Crippen LogP contribution is 2.25. The summed E-state index contributed by atoms with van der Waals surface area (Å²) >= 11 is 1.38. The number of rotatable bonds is 6. The van der Waals surface area contributed by atoms with Crippen LogP contribution in [0.1, 0.15) is 11.7 Å². The van der Waals surface area contributed by atoms with Crippen molar-refractivity contribution in [2.24, 2.45) is 0 Å². The first-order valence-corrected chi connectivity index (χ1v) is 7.55. The molecule has 0 aliphatic carbocycles. The molecule has 2 aromatic heterocycles. The number of oxazole rings is 1. The van der Waals surface area contributed by atoms with Gasteiger partial charge in [0.15, 0.2) is 11.4 Å². The number of aromatic nitrogens is 4. The predicted octanol–water partition coefficient (Wildman–Crippen LogP) is 1.32. The van der Waals surface area contributed by atoms with Gasteiger partial charge in [0.2, 0.25) is 11.0 Å². The molecule has 3 aromatic rings. The SMILES string of the molecule is COCCc1nnc(SCc2nc3ccc(O)cc3o2)n1N. The Kier molecular flexibility index (Phi) is 4.16. The quantitative estimate of drug-likeness (QED) is 0.516. The number of nitrogen functional groups attached to an aromatic ring is 1. The van der Waals surface area contributed by atoms with Gasteiger partial charge in [0.25, 0.3) is 0 Å². The average molecular weight is 321 g/mol. The number of nitrogens with zero attached hydrogens (tertiary/aromatic N) is 4. The Bertz CT molecular complexity index is 785. The molecule has 1 aromatic carbocycles. The molecule has 0 amide bonds. The van der Waals surface area contributed by atoms with Crippen LogP contribution in [-0.4, -0.2) is 38.7 Å². The van der Waals surface area contributed by atoms with Crippen LogP contribution in [0.25, 0.3) is 11.1 Å². The molecular weight excluding hydrogens is 306 g/mol. The highest BCUT2D eigenvalue weighted by Gasteiger charge is 2.12. The Morgan fingerprint density at radius 2 is 2.27 bits per heavy atom. The van der Waals surface area contributed by atoms with Gasteiger partial charge in [-0.25, -0.2) is 9.66 Å². The summed E-state index contributed by atoms with van der Waals surface area (Å²) in [7, 11) is 1.62. The van der Waals surface area contributed by atoms with Gasteiger partial charge in [-0.1, -0.05) is 11.8 Å². The number of aromatic hydroxyl groups is 1. The van der Waals surface area contributed by atoms with Crippen molar-refractivity contribution in [3.05, 3.63) is 29.9 Å². The second kappa shape index (κ2) is 6.24. The Morgan fingerprint density at radius 3 is 3.09 bits per heavy atom. The normalized spacial score (nSPS) is 11.3. The molecule has 0 aliphatic heterocycles. The Balaban J connectivity index is 1.69. The number of hydrogen-bond acceptors (Lipinski definition) is 8. The van der Waals surface area contributed by atoms with E-state index in [-0.39, 0.29) is 5.75 Å². The largest absolute Gasteiger partial charge is 0.508 e. The molecular formula is C13H15N5O3S. The molecule has 0 fully saturated rings. The number of hydrogen-bond donors (Lipinski definition) is 2. The van der Waals surface area contributed by atoms with Crippen LogP contribution in [-0.2, 0) is 16.9 Å². The summed E-state index contributed by atoms with van der Waals surface area (Å²) in [6.07, 6.45) is 0.600.